The molecule has 0 aromatic heterocycles. The molecule has 3 amide bonds. The first-order valence-corrected chi connectivity index (χ1v) is 6.59. The SMILES string of the molecule is CCN(CC)C(=O)N1CCN(C(=O)[C@@H](C)N)CC1. The minimum atomic E-state index is -0.463. The molecule has 104 valence electrons. The Kier molecular flexibility index (Phi) is 5.40. The molecule has 0 saturated carbocycles. The van der Waals surface area contributed by atoms with Crippen molar-refractivity contribution in [2.24, 2.45) is 5.73 Å². The van der Waals surface area contributed by atoms with E-state index in [4.69, 9.17) is 5.73 Å². The summed E-state index contributed by atoms with van der Waals surface area (Å²) in [7, 11) is 0. The Hall–Kier alpha value is -1.30. The smallest absolute Gasteiger partial charge is 0.320 e. The van der Waals surface area contributed by atoms with E-state index in [1.54, 1.807) is 21.6 Å². The van der Waals surface area contributed by atoms with Gasteiger partial charge >= 0.3 is 6.03 Å². The van der Waals surface area contributed by atoms with Gasteiger partial charge in [0.1, 0.15) is 0 Å². The van der Waals surface area contributed by atoms with Crippen molar-refractivity contribution in [2.75, 3.05) is 39.3 Å². The average molecular weight is 256 g/mol. The van der Waals surface area contributed by atoms with Crippen molar-refractivity contribution >= 4 is 11.9 Å². The zero-order chi connectivity index (χ0) is 13.7. The molecule has 0 aromatic rings. The molecule has 0 aromatic carbocycles. The Morgan fingerprint density at radius 3 is 1.94 bits per heavy atom. The molecule has 1 atom stereocenters. The van der Waals surface area contributed by atoms with Gasteiger partial charge in [-0.3, -0.25) is 4.79 Å². The first-order chi connectivity index (χ1) is 8.51. The number of hydrogen-bond donors (Lipinski definition) is 1. The fourth-order valence-corrected chi connectivity index (χ4v) is 2.10. The van der Waals surface area contributed by atoms with Gasteiger partial charge in [-0.15, -0.1) is 0 Å². The van der Waals surface area contributed by atoms with E-state index in [9.17, 15) is 9.59 Å². The third-order valence-electron chi connectivity index (χ3n) is 3.29. The highest BCUT2D eigenvalue weighted by Crippen LogP contribution is 2.06. The average Bonchev–Trinajstić information content (AvgIpc) is 2.39. The fourth-order valence-electron chi connectivity index (χ4n) is 2.10. The molecule has 1 rings (SSSR count). The van der Waals surface area contributed by atoms with Crippen LogP contribution in [-0.2, 0) is 4.79 Å². The molecule has 6 heteroatoms. The van der Waals surface area contributed by atoms with Crippen molar-refractivity contribution in [2.45, 2.75) is 26.8 Å². The second-order valence-corrected chi connectivity index (χ2v) is 4.56. The van der Waals surface area contributed by atoms with Crippen LogP contribution < -0.4 is 5.73 Å². The summed E-state index contributed by atoms with van der Waals surface area (Å²) in [6.45, 7) is 9.40. The van der Waals surface area contributed by atoms with Crippen molar-refractivity contribution in [3.05, 3.63) is 0 Å². The molecule has 0 radical (unpaired) electrons. The van der Waals surface area contributed by atoms with Gasteiger partial charge in [0.05, 0.1) is 6.04 Å². The second-order valence-electron chi connectivity index (χ2n) is 4.56. The monoisotopic (exact) mass is 256 g/mol. The van der Waals surface area contributed by atoms with Gasteiger partial charge in [-0.05, 0) is 20.8 Å². The predicted molar refractivity (Wildman–Crippen MR) is 70.1 cm³/mol. The number of amides is 3. The lowest BCUT2D eigenvalue weighted by molar-refractivity contribution is -0.133. The molecule has 1 aliphatic heterocycles. The molecule has 18 heavy (non-hydrogen) atoms. The minimum absolute atomic E-state index is 0.0371. The van der Waals surface area contributed by atoms with Crippen molar-refractivity contribution in [1.82, 2.24) is 14.7 Å². The minimum Gasteiger partial charge on any atom is -0.338 e. The van der Waals surface area contributed by atoms with Gasteiger partial charge in [-0.1, -0.05) is 0 Å². The molecule has 1 aliphatic rings. The van der Waals surface area contributed by atoms with Gasteiger partial charge in [0, 0.05) is 39.3 Å². The van der Waals surface area contributed by atoms with E-state index in [1.165, 1.54) is 0 Å². The van der Waals surface area contributed by atoms with Crippen molar-refractivity contribution in [3.63, 3.8) is 0 Å². The number of carbonyl (C=O) groups excluding carboxylic acids is 2. The Balaban J connectivity index is 2.49. The Bertz CT molecular complexity index is 294. The van der Waals surface area contributed by atoms with Gasteiger partial charge in [0.15, 0.2) is 0 Å². The van der Waals surface area contributed by atoms with Gasteiger partial charge in [0.2, 0.25) is 5.91 Å². The van der Waals surface area contributed by atoms with Crippen LogP contribution >= 0.6 is 0 Å². The number of nitrogens with zero attached hydrogens (tertiary/aromatic N) is 3. The maximum Gasteiger partial charge on any atom is 0.320 e. The van der Waals surface area contributed by atoms with Gasteiger partial charge in [0.25, 0.3) is 0 Å². The number of hydrogen-bond acceptors (Lipinski definition) is 3. The van der Waals surface area contributed by atoms with Crippen LogP contribution in [-0.4, -0.2) is 71.9 Å². The molecular weight excluding hydrogens is 232 g/mol. The summed E-state index contributed by atoms with van der Waals surface area (Å²) in [5.74, 6) is -0.0371. The normalized spacial score (nSPS) is 17.6. The number of rotatable bonds is 3. The van der Waals surface area contributed by atoms with E-state index in [1.807, 2.05) is 13.8 Å². The molecule has 1 heterocycles. The fraction of sp³-hybridized carbons (Fsp3) is 0.833. The van der Waals surface area contributed by atoms with E-state index in [0.717, 1.165) is 0 Å². The van der Waals surface area contributed by atoms with Gasteiger partial charge in [-0.2, -0.15) is 0 Å². The first-order valence-electron chi connectivity index (χ1n) is 6.59. The Morgan fingerprint density at radius 2 is 1.56 bits per heavy atom. The molecule has 0 aliphatic carbocycles. The molecule has 0 bridgehead atoms. The molecule has 1 saturated heterocycles. The molecule has 0 unspecified atom stereocenters. The van der Waals surface area contributed by atoms with Crippen LogP contribution in [0.5, 0.6) is 0 Å². The number of piperazine rings is 1. The molecule has 1 fully saturated rings. The predicted octanol–water partition coefficient (Wildman–Crippen LogP) is -0.0604. The summed E-state index contributed by atoms with van der Waals surface area (Å²) in [5.41, 5.74) is 5.57. The largest absolute Gasteiger partial charge is 0.338 e. The molecule has 2 N–H and O–H groups in total. The van der Waals surface area contributed by atoms with E-state index in [0.29, 0.717) is 39.3 Å². The quantitative estimate of drug-likeness (QED) is 0.769. The maximum atomic E-state index is 12.1. The van der Waals surface area contributed by atoms with Crippen LogP contribution in [0.4, 0.5) is 4.79 Å². The lowest BCUT2D eigenvalue weighted by atomic mass is 10.2. The Labute approximate surface area is 109 Å². The highest BCUT2D eigenvalue weighted by molar-refractivity contribution is 5.81. The second kappa shape index (κ2) is 6.58. The summed E-state index contributed by atoms with van der Waals surface area (Å²) in [5, 5.41) is 0. The van der Waals surface area contributed by atoms with Crippen LogP contribution in [0.1, 0.15) is 20.8 Å². The van der Waals surface area contributed by atoms with Crippen LogP contribution in [0, 0.1) is 0 Å². The highest BCUT2D eigenvalue weighted by Gasteiger charge is 2.27. The van der Waals surface area contributed by atoms with Gasteiger partial charge < -0.3 is 20.4 Å². The highest BCUT2D eigenvalue weighted by atomic mass is 16.2. The van der Waals surface area contributed by atoms with E-state index < -0.39 is 6.04 Å². The van der Waals surface area contributed by atoms with Crippen LogP contribution in [0.15, 0.2) is 0 Å². The van der Waals surface area contributed by atoms with Crippen LogP contribution in [0.3, 0.4) is 0 Å². The lowest BCUT2D eigenvalue weighted by Gasteiger charge is -2.37. The zero-order valence-corrected chi connectivity index (χ0v) is 11.6. The van der Waals surface area contributed by atoms with Crippen molar-refractivity contribution in [1.29, 1.82) is 0 Å². The molecule has 0 spiro atoms. The summed E-state index contributed by atoms with van der Waals surface area (Å²) < 4.78 is 0. The zero-order valence-electron chi connectivity index (χ0n) is 11.6. The van der Waals surface area contributed by atoms with E-state index in [2.05, 4.69) is 0 Å². The molecular formula is C12H24N4O2. The standard InChI is InChI=1S/C12H24N4O2/c1-4-14(5-2)12(18)16-8-6-15(7-9-16)11(17)10(3)13/h10H,4-9,13H2,1-3H3/t10-/m1/s1. The Morgan fingerprint density at radius 1 is 1.11 bits per heavy atom. The van der Waals surface area contributed by atoms with Crippen LogP contribution in [0.25, 0.3) is 0 Å². The number of urea groups is 1. The van der Waals surface area contributed by atoms with Crippen molar-refractivity contribution < 1.29 is 9.59 Å². The van der Waals surface area contributed by atoms with Crippen molar-refractivity contribution in [3.8, 4) is 0 Å². The summed E-state index contributed by atoms with van der Waals surface area (Å²) >= 11 is 0. The lowest BCUT2D eigenvalue weighted by Crippen LogP contribution is -2.56. The number of carbonyl (C=O) groups is 2. The van der Waals surface area contributed by atoms with E-state index in [-0.39, 0.29) is 11.9 Å². The first kappa shape index (κ1) is 14.8. The van der Waals surface area contributed by atoms with Gasteiger partial charge in [-0.25, -0.2) is 4.79 Å². The summed E-state index contributed by atoms with van der Waals surface area (Å²) in [6, 6.07) is -0.400. The third-order valence-corrected chi connectivity index (χ3v) is 3.29. The van der Waals surface area contributed by atoms with Crippen LogP contribution in [0.2, 0.25) is 0 Å². The molecule has 6 nitrogen and oxygen atoms in total. The third kappa shape index (κ3) is 3.35. The maximum absolute atomic E-state index is 12.1. The number of nitrogens with two attached hydrogens (primary N) is 1. The summed E-state index contributed by atoms with van der Waals surface area (Å²) in [6.07, 6.45) is 0. The topological polar surface area (TPSA) is 69.9 Å². The summed E-state index contributed by atoms with van der Waals surface area (Å²) in [4.78, 5) is 29.1. The van der Waals surface area contributed by atoms with E-state index >= 15 is 0 Å².